The van der Waals surface area contributed by atoms with E-state index in [9.17, 15) is 4.39 Å². The van der Waals surface area contributed by atoms with Crippen LogP contribution >= 0.6 is 12.2 Å². The van der Waals surface area contributed by atoms with Crippen molar-refractivity contribution < 1.29 is 4.39 Å². The number of halogens is 1. The van der Waals surface area contributed by atoms with E-state index in [2.05, 4.69) is 34.1 Å². The molecule has 1 aromatic carbocycles. The van der Waals surface area contributed by atoms with Crippen molar-refractivity contribution in [3.05, 3.63) is 30.1 Å². The van der Waals surface area contributed by atoms with Gasteiger partial charge in [0.05, 0.1) is 0 Å². The number of rotatable bonds is 4. The number of likely N-dealkylation sites (N-methyl/N-ethyl adjacent to an activating group) is 1. The van der Waals surface area contributed by atoms with Crippen molar-refractivity contribution in [3.8, 4) is 0 Å². The van der Waals surface area contributed by atoms with Gasteiger partial charge in [0.15, 0.2) is 5.11 Å². The minimum absolute atomic E-state index is 0.235. The summed E-state index contributed by atoms with van der Waals surface area (Å²) in [5, 5.41) is 3.88. The maximum atomic E-state index is 12.9. The molecule has 0 aromatic heterocycles. The molecule has 0 unspecified atom stereocenters. The number of hydrogen-bond acceptors (Lipinski definition) is 3. The maximum Gasteiger partial charge on any atom is 0.173 e. The average Bonchev–Trinajstić information content (AvgIpc) is 2.48. The Kier molecular flexibility index (Phi) is 5.90. The first-order valence-corrected chi connectivity index (χ1v) is 7.64. The minimum atomic E-state index is -0.235. The average molecular weight is 310 g/mol. The summed E-state index contributed by atoms with van der Waals surface area (Å²) in [5.41, 5.74) is 0.830. The molecule has 4 nitrogen and oxygen atoms in total. The zero-order valence-electron chi connectivity index (χ0n) is 12.7. The lowest BCUT2D eigenvalue weighted by atomic mass is 10.3. The van der Waals surface area contributed by atoms with Crippen LogP contribution in [-0.2, 0) is 0 Å². The molecule has 0 saturated carbocycles. The van der Waals surface area contributed by atoms with Crippen molar-refractivity contribution in [2.45, 2.75) is 0 Å². The van der Waals surface area contributed by atoms with Crippen LogP contribution in [0.1, 0.15) is 0 Å². The third-order valence-electron chi connectivity index (χ3n) is 3.62. The van der Waals surface area contributed by atoms with Crippen LogP contribution in [0.25, 0.3) is 0 Å². The molecule has 6 heteroatoms. The Balaban J connectivity index is 1.76. The Bertz CT molecular complexity index is 455. The molecule has 1 aliphatic heterocycles. The van der Waals surface area contributed by atoms with E-state index in [0.717, 1.165) is 45.0 Å². The highest BCUT2D eigenvalue weighted by Gasteiger charge is 2.18. The smallest absolute Gasteiger partial charge is 0.173 e. The minimum Gasteiger partial charge on any atom is -0.346 e. The topological polar surface area (TPSA) is 21.8 Å². The van der Waals surface area contributed by atoms with Crippen LogP contribution in [0.5, 0.6) is 0 Å². The highest BCUT2D eigenvalue weighted by Crippen LogP contribution is 2.10. The zero-order chi connectivity index (χ0) is 15.2. The molecule has 1 saturated heterocycles. The Labute approximate surface area is 131 Å². The van der Waals surface area contributed by atoms with Gasteiger partial charge in [-0.3, -0.25) is 4.90 Å². The Hall–Kier alpha value is -1.24. The molecule has 1 N–H and O–H groups in total. The standard InChI is InChI=1S/C15H23FN4S/c1-18(2)7-8-19-9-11-20(12-10-19)15(21)17-14-5-3-13(16)4-6-14/h3-6H,7-12H2,1-2H3,(H,17,21). The SMILES string of the molecule is CN(C)CCN1CCN(C(=S)Nc2ccc(F)cc2)CC1. The molecule has 1 fully saturated rings. The van der Waals surface area contributed by atoms with Gasteiger partial charge in [-0.1, -0.05) is 0 Å². The van der Waals surface area contributed by atoms with E-state index in [4.69, 9.17) is 12.2 Å². The van der Waals surface area contributed by atoms with Gasteiger partial charge in [0, 0.05) is 45.0 Å². The lowest BCUT2D eigenvalue weighted by Gasteiger charge is -2.36. The predicted octanol–water partition coefficient (Wildman–Crippen LogP) is 1.70. The second-order valence-corrected chi connectivity index (χ2v) is 5.96. The molecule has 1 heterocycles. The highest BCUT2D eigenvalue weighted by atomic mass is 32.1. The van der Waals surface area contributed by atoms with Gasteiger partial charge in [-0.25, -0.2) is 4.39 Å². The van der Waals surface area contributed by atoms with Gasteiger partial charge in [-0.05, 0) is 50.6 Å². The van der Waals surface area contributed by atoms with Crippen molar-refractivity contribution in [1.29, 1.82) is 0 Å². The summed E-state index contributed by atoms with van der Waals surface area (Å²) in [6.45, 7) is 6.09. The summed E-state index contributed by atoms with van der Waals surface area (Å²) in [6, 6.07) is 6.28. The second-order valence-electron chi connectivity index (χ2n) is 5.57. The first-order valence-electron chi connectivity index (χ1n) is 7.23. The Morgan fingerprint density at radius 3 is 2.38 bits per heavy atom. The van der Waals surface area contributed by atoms with Crippen LogP contribution in [0.3, 0.4) is 0 Å². The first kappa shape index (κ1) is 16.1. The van der Waals surface area contributed by atoms with Crippen molar-refractivity contribution >= 4 is 23.0 Å². The van der Waals surface area contributed by atoms with Crippen molar-refractivity contribution in [1.82, 2.24) is 14.7 Å². The molecule has 0 spiro atoms. The fourth-order valence-electron chi connectivity index (χ4n) is 2.25. The van der Waals surface area contributed by atoms with Crippen LogP contribution in [0, 0.1) is 5.82 Å². The fraction of sp³-hybridized carbons (Fsp3) is 0.533. The van der Waals surface area contributed by atoms with E-state index in [1.165, 1.54) is 12.1 Å². The monoisotopic (exact) mass is 310 g/mol. The van der Waals surface area contributed by atoms with Crippen LogP contribution in [0.4, 0.5) is 10.1 Å². The number of hydrogen-bond donors (Lipinski definition) is 1. The van der Waals surface area contributed by atoms with E-state index in [1.807, 2.05) is 0 Å². The van der Waals surface area contributed by atoms with E-state index in [-0.39, 0.29) is 5.82 Å². The Morgan fingerprint density at radius 1 is 1.19 bits per heavy atom. The Morgan fingerprint density at radius 2 is 1.81 bits per heavy atom. The van der Waals surface area contributed by atoms with E-state index in [1.54, 1.807) is 12.1 Å². The lowest BCUT2D eigenvalue weighted by molar-refractivity contribution is 0.170. The molecule has 116 valence electrons. The molecule has 0 amide bonds. The van der Waals surface area contributed by atoms with Crippen molar-refractivity contribution in [2.75, 3.05) is 58.7 Å². The number of piperazine rings is 1. The van der Waals surface area contributed by atoms with Gasteiger partial charge in [0.2, 0.25) is 0 Å². The van der Waals surface area contributed by atoms with Gasteiger partial charge in [0.1, 0.15) is 5.82 Å². The second kappa shape index (κ2) is 7.68. The van der Waals surface area contributed by atoms with E-state index >= 15 is 0 Å². The number of nitrogens with one attached hydrogen (secondary N) is 1. The molecule has 1 aromatic rings. The number of anilines is 1. The van der Waals surface area contributed by atoms with Crippen molar-refractivity contribution in [2.24, 2.45) is 0 Å². The van der Waals surface area contributed by atoms with Gasteiger partial charge in [0.25, 0.3) is 0 Å². The van der Waals surface area contributed by atoms with E-state index < -0.39 is 0 Å². The molecule has 0 aliphatic carbocycles. The molecular weight excluding hydrogens is 287 g/mol. The fourth-order valence-corrected chi connectivity index (χ4v) is 2.55. The molecule has 2 rings (SSSR count). The summed E-state index contributed by atoms with van der Waals surface area (Å²) in [4.78, 5) is 6.83. The first-order chi connectivity index (χ1) is 10.0. The van der Waals surface area contributed by atoms with Crippen molar-refractivity contribution in [3.63, 3.8) is 0 Å². The molecule has 0 bridgehead atoms. The number of benzene rings is 1. The van der Waals surface area contributed by atoms with E-state index in [0.29, 0.717) is 5.11 Å². The third-order valence-corrected chi connectivity index (χ3v) is 3.98. The normalized spacial score (nSPS) is 16.3. The summed E-state index contributed by atoms with van der Waals surface area (Å²) in [5.74, 6) is -0.235. The maximum absolute atomic E-state index is 12.9. The lowest BCUT2D eigenvalue weighted by Crippen LogP contribution is -2.51. The number of nitrogens with zero attached hydrogens (tertiary/aromatic N) is 3. The van der Waals surface area contributed by atoms with Gasteiger partial charge < -0.3 is 15.1 Å². The summed E-state index contributed by atoms with van der Waals surface area (Å²) in [6.07, 6.45) is 0. The van der Waals surface area contributed by atoms with Gasteiger partial charge in [-0.2, -0.15) is 0 Å². The van der Waals surface area contributed by atoms with Crippen LogP contribution in [0.2, 0.25) is 0 Å². The zero-order valence-corrected chi connectivity index (χ0v) is 13.5. The quantitative estimate of drug-likeness (QED) is 0.852. The van der Waals surface area contributed by atoms with Crippen LogP contribution in [-0.4, -0.2) is 73.2 Å². The number of thiocarbonyl (C=S) groups is 1. The van der Waals surface area contributed by atoms with Crippen LogP contribution in [0.15, 0.2) is 24.3 Å². The summed E-state index contributed by atoms with van der Waals surface area (Å²) in [7, 11) is 4.19. The van der Waals surface area contributed by atoms with Gasteiger partial charge >= 0.3 is 0 Å². The molecule has 1 aliphatic rings. The highest BCUT2D eigenvalue weighted by molar-refractivity contribution is 7.80. The summed E-state index contributed by atoms with van der Waals surface area (Å²) < 4.78 is 12.9. The molecule has 21 heavy (non-hydrogen) atoms. The largest absolute Gasteiger partial charge is 0.346 e. The molecular formula is C15H23FN4S. The third kappa shape index (κ3) is 5.22. The van der Waals surface area contributed by atoms with Crippen LogP contribution < -0.4 is 5.32 Å². The molecule has 0 radical (unpaired) electrons. The molecule has 0 atom stereocenters. The summed E-state index contributed by atoms with van der Waals surface area (Å²) >= 11 is 5.43. The van der Waals surface area contributed by atoms with Gasteiger partial charge in [-0.15, -0.1) is 0 Å². The predicted molar refractivity (Wildman–Crippen MR) is 89.2 cm³/mol.